The zero-order valence-corrected chi connectivity index (χ0v) is 17.7. The van der Waals surface area contributed by atoms with Crippen molar-refractivity contribution in [2.75, 3.05) is 31.1 Å². The van der Waals surface area contributed by atoms with Crippen LogP contribution in [0.2, 0.25) is 0 Å². The molecule has 0 spiro atoms. The maximum atomic E-state index is 12.9. The predicted molar refractivity (Wildman–Crippen MR) is 117 cm³/mol. The van der Waals surface area contributed by atoms with Crippen molar-refractivity contribution in [1.82, 2.24) is 9.88 Å². The van der Waals surface area contributed by atoms with Crippen LogP contribution in [0, 0.1) is 34.1 Å². The first-order chi connectivity index (χ1) is 14.7. The minimum atomic E-state index is -0.738. The number of rotatable bonds is 4. The molecule has 1 amide bonds. The van der Waals surface area contributed by atoms with Crippen LogP contribution in [-0.2, 0) is 0 Å². The average molecular weight is 441 g/mol. The van der Waals surface area contributed by atoms with Gasteiger partial charge in [-0.1, -0.05) is 11.3 Å². The number of nitro benzene ring substituents is 2. The lowest BCUT2D eigenvalue weighted by molar-refractivity contribution is -0.394. The third-order valence-corrected chi connectivity index (χ3v) is 6.48. The van der Waals surface area contributed by atoms with E-state index < -0.39 is 27.1 Å². The smallest absolute Gasteiger partial charge is 0.277 e. The highest BCUT2D eigenvalue weighted by molar-refractivity contribution is 7.22. The Morgan fingerprint density at radius 3 is 2.10 bits per heavy atom. The fourth-order valence-corrected chi connectivity index (χ4v) is 4.61. The Morgan fingerprint density at radius 1 is 0.935 bits per heavy atom. The Kier molecular flexibility index (Phi) is 5.27. The number of aryl methyl sites for hydroxylation is 2. The zero-order valence-electron chi connectivity index (χ0n) is 16.9. The molecule has 2 heterocycles. The number of carbonyl (C=O) groups is 1. The SMILES string of the molecule is Cc1cc2nc(N3CCN(C(=O)c4cc([N+](=O)[O-])cc([N+](=O)[O-])c4)CC3)sc2cc1C. The highest BCUT2D eigenvalue weighted by Crippen LogP contribution is 2.31. The highest BCUT2D eigenvalue weighted by Gasteiger charge is 2.27. The van der Waals surface area contributed by atoms with Gasteiger partial charge in [0.05, 0.1) is 31.7 Å². The second kappa shape index (κ2) is 7.91. The Hall–Kier alpha value is -3.60. The quantitative estimate of drug-likeness (QED) is 0.447. The Balaban J connectivity index is 1.50. The molecule has 3 aromatic rings. The molecule has 1 aliphatic heterocycles. The van der Waals surface area contributed by atoms with Crippen LogP contribution in [-0.4, -0.2) is 51.8 Å². The van der Waals surface area contributed by atoms with Gasteiger partial charge in [0.25, 0.3) is 17.3 Å². The predicted octanol–water partition coefficient (Wildman–Crippen LogP) is 3.69. The molecule has 2 aromatic carbocycles. The number of benzene rings is 2. The topological polar surface area (TPSA) is 123 Å². The number of thiazole rings is 1. The number of piperazine rings is 1. The van der Waals surface area contributed by atoms with Gasteiger partial charge in [-0.3, -0.25) is 25.0 Å². The van der Waals surface area contributed by atoms with Crippen molar-refractivity contribution < 1.29 is 14.6 Å². The molecule has 0 saturated carbocycles. The van der Waals surface area contributed by atoms with Gasteiger partial charge in [-0.15, -0.1) is 0 Å². The summed E-state index contributed by atoms with van der Waals surface area (Å²) in [6.07, 6.45) is 0. The number of anilines is 1. The molecule has 0 N–H and O–H groups in total. The molecule has 0 radical (unpaired) electrons. The third kappa shape index (κ3) is 4.04. The van der Waals surface area contributed by atoms with Crippen LogP contribution in [0.4, 0.5) is 16.5 Å². The maximum Gasteiger partial charge on any atom is 0.277 e. The van der Waals surface area contributed by atoms with E-state index in [0.717, 1.165) is 33.5 Å². The molecule has 160 valence electrons. The van der Waals surface area contributed by atoms with Gasteiger partial charge in [0.2, 0.25) is 0 Å². The molecule has 1 fully saturated rings. The van der Waals surface area contributed by atoms with E-state index in [2.05, 4.69) is 30.9 Å². The number of aromatic nitrogens is 1. The van der Waals surface area contributed by atoms with E-state index in [9.17, 15) is 25.0 Å². The fraction of sp³-hybridized carbons (Fsp3) is 0.300. The monoisotopic (exact) mass is 441 g/mol. The van der Waals surface area contributed by atoms with Gasteiger partial charge in [0, 0.05) is 38.3 Å². The molecule has 10 nitrogen and oxygen atoms in total. The number of nitrogens with zero attached hydrogens (tertiary/aromatic N) is 5. The van der Waals surface area contributed by atoms with Crippen LogP contribution < -0.4 is 4.90 Å². The van der Waals surface area contributed by atoms with E-state index in [1.165, 1.54) is 11.1 Å². The summed E-state index contributed by atoms with van der Waals surface area (Å²) in [6, 6.07) is 7.21. The van der Waals surface area contributed by atoms with Crippen LogP contribution in [0.1, 0.15) is 21.5 Å². The second-order valence-corrected chi connectivity index (χ2v) is 8.44. The van der Waals surface area contributed by atoms with Gasteiger partial charge in [-0.05, 0) is 37.1 Å². The van der Waals surface area contributed by atoms with Crippen LogP contribution >= 0.6 is 11.3 Å². The van der Waals surface area contributed by atoms with Gasteiger partial charge < -0.3 is 9.80 Å². The van der Waals surface area contributed by atoms with Crippen molar-refractivity contribution in [2.24, 2.45) is 0 Å². The number of non-ortho nitro benzene ring substituents is 2. The zero-order chi connectivity index (χ0) is 22.3. The first-order valence-corrected chi connectivity index (χ1v) is 10.4. The number of hydrogen-bond acceptors (Lipinski definition) is 8. The molecular weight excluding hydrogens is 422 g/mol. The minimum Gasteiger partial charge on any atom is -0.345 e. The van der Waals surface area contributed by atoms with Gasteiger partial charge in [-0.2, -0.15) is 0 Å². The molecule has 0 atom stereocenters. The van der Waals surface area contributed by atoms with Gasteiger partial charge in [0.1, 0.15) is 0 Å². The van der Waals surface area contributed by atoms with E-state index >= 15 is 0 Å². The van der Waals surface area contributed by atoms with E-state index in [1.807, 2.05) is 0 Å². The van der Waals surface area contributed by atoms with Crippen molar-refractivity contribution >= 4 is 44.0 Å². The lowest BCUT2D eigenvalue weighted by atomic mass is 10.1. The molecule has 1 aromatic heterocycles. The summed E-state index contributed by atoms with van der Waals surface area (Å²) in [5, 5.41) is 23.1. The molecule has 1 aliphatic rings. The average Bonchev–Trinajstić information content (AvgIpc) is 3.15. The number of carbonyl (C=O) groups excluding carboxylic acids is 1. The largest absolute Gasteiger partial charge is 0.345 e. The van der Waals surface area contributed by atoms with Gasteiger partial charge in [0.15, 0.2) is 5.13 Å². The Morgan fingerprint density at radius 2 is 1.52 bits per heavy atom. The normalized spacial score (nSPS) is 14.1. The Bertz CT molecular complexity index is 1140. The first-order valence-electron chi connectivity index (χ1n) is 9.59. The maximum absolute atomic E-state index is 12.9. The minimum absolute atomic E-state index is 0.0553. The Labute approximate surface area is 181 Å². The number of nitro groups is 2. The summed E-state index contributed by atoms with van der Waals surface area (Å²) in [4.78, 5) is 41.9. The molecular formula is C20H19N5O5S. The van der Waals surface area contributed by atoms with Crippen molar-refractivity contribution in [1.29, 1.82) is 0 Å². The van der Waals surface area contributed by atoms with E-state index in [4.69, 9.17) is 4.98 Å². The summed E-state index contributed by atoms with van der Waals surface area (Å²) in [5.41, 5.74) is 2.34. The highest BCUT2D eigenvalue weighted by atomic mass is 32.1. The molecule has 4 rings (SSSR count). The van der Waals surface area contributed by atoms with Crippen LogP contribution in [0.15, 0.2) is 30.3 Å². The van der Waals surface area contributed by atoms with E-state index in [0.29, 0.717) is 26.2 Å². The number of hydrogen-bond donors (Lipinski definition) is 0. The summed E-state index contributed by atoms with van der Waals surface area (Å²) in [7, 11) is 0. The second-order valence-electron chi connectivity index (χ2n) is 7.43. The molecule has 0 bridgehead atoms. The van der Waals surface area contributed by atoms with Crippen LogP contribution in [0.3, 0.4) is 0 Å². The lowest BCUT2D eigenvalue weighted by Crippen LogP contribution is -2.48. The molecule has 0 unspecified atom stereocenters. The number of amides is 1. The van der Waals surface area contributed by atoms with Gasteiger partial charge >= 0.3 is 0 Å². The summed E-state index contributed by atoms with van der Waals surface area (Å²) >= 11 is 1.60. The molecule has 0 aliphatic carbocycles. The van der Waals surface area contributed by atoms with Crippen LogP contribution in [0.25, 0.3) is 10.2 Å². The standard InChI is InChI=1S/C20H19N5O5S/c1-12-7-17-18(8-13(12)2)31-20(21-17)23-5-3-22(4-6-23)19(26)14-9-15(24(27)28)11-16(10-14)25(29)30/h7-11H,3-6H2,1-2H3. The van der Waals surface area contributed by atoms with E-state index in [1.54, 1.807) is 16.2 Å². The number of fused-ring (bicyclic) bond motifs is 1. The summed E-state index contributed by atoms with van der Waals surface area (Å²) in [5.74, 6) is -0.456. The lowest BCUT2D eigenvalue weighted by Gasteiger charge is -2.34. The molecule has 1 saturated heterocycles. The molecule has 31 heavy (non-hydrogen) atoms. The fourth-order valence-electron chi connectivity index (χ4n) is 3.52. The van der Waals surface area contributed by atoms with Gasteiger partial charge in [-0.25, -0.2) is 4.98 Å². The first kappa shape index (κ1) is 20.7. The summed E-state index contributed by atoms with van der Waals surface area (Å²) in [6.45, 7) is 6.01. The summed E-state index contributed by atoms with van der Waals surface area (Å²) < 4.78 is 1.11. The van der Waals surface area contributed by atoms with Crippen molar-refractivity contribution in [2.45, 2.75) is 13.8 Å². The van der Waals surface area contributed by atoms with E-state index in [-0.39, 0.29) is 5.56 Å². The van der Waals surface area contributed by atoms with Crippen molar-refractivity contribution in [3.63, 3.8) is 0 Å². The van der Waals surface area contributed by atoms with Crippen molar-refractivity contribution in [3.05, 3.63) is 67.3 Å². The molecule has 11 heteroatoms. The third-order valence-electron chi connectivity index (χ3n) is 5.40. The van der Waals surface area contributed by atoms with Crippen molar-refractivity contribution in [3.8, 4) is 0 Å². The van der Waals surface area contributed by atoms with Crippen LogP contribution in [0.5, 0.6) is 0 Å².